The normalized spacial score (nSPS) is 16.1. The van der Waals surface area contributed by atoms with E-state index in [2.05, 4.69) is 12.2 Å². The molecule has 104 valence electrons. The molecule has 0 aliphatic heterocycles. The molecule has 1 N–H and O–H groups in total. The molecule has 1 aliphatic rings. The first-order chi connectivity index (χ1) is 9.10. The summed E-state index contributed by atoms with van der Waals surface area (Å²) >= 11 is 0. The average molecular weight is 264 g/mol. The third-order valence-corrected chi connectivity index (χ3v) is 3.32. The number of hydrogen-bond acceptors (Lipinski definition) is 4. The van der Waals surface area contributed by atoms with E-state index < -0.39 is 0 Å². The Kier molecular flexibility index (Phi) is 4.37. The lowest BCUT2D eigenvalue weighted by Crippen LogP contribution is -2.18. The van der Waals surface area contributed by atoms with Gasteiger partial charge in [-0.3, -0.25) is 10.1 Å². The van der Waals surface area contributed by atoms with Crippen molar-refractivity contribution in [2.75, 3.05) is 0 Å². The van der Waals surface area contributed by atoms with E-state index in [0.29, 0.717) is 12.6 Å². The minimum atomic E-state index is -0.367. The Labute approximate surface area is 113 Å². The van der Waals surface area contributed by atoms with Crippen LogP contribution >= 0.6 is 0 Å². The molecule has 19 heavy (non-hydrogen) atoms. The van der Waals surface area contributed by atoms with Gasteiger partial charge in [0.2, 0.25) is 0 Å². The van der Waals surface area contributed by atoms with Gasteiger partial charge in [0.1, 0.15) is 5.75 Å². The molecule has 1 aromatic rings. The topological polar surface area (TPSA) is 64.4 Å². The summed E-state index contributed by atoms with van der Waals surface area (Å²) in [6, 6.07) is 5.37. The van der Waals surface area contributed by atoms with Gasteiger partial charge in [0, 0.05) is 30.3 Å². The number of ether oxygens (including phenoxy) is 1. The van der Waals surface area contributed by atoms with E-state index >= 15 is 0 Å². The van der Waals surface area contributed by atoms with Crippen LogP contribution in [0.3, 0.4) is 0 Å². The number of hydrogen-bond donors (Lipinski definition) is 1. The van der Waals surface area contributed by atoms with E-state index in [4.69, 9.17) is 4.74 Å². The second kappa shape index (κ2) is 6.02. The second-order valence-electron chi connectivity index (χ2n) is 5.04. The molecule has 2 rings (SSSR count). The van der Waals surface area contributed by atoms with Gasteiger partial charge in [0.05, 0.1) is 11.0 Å². The fourth-order valence-corrected chi connectivity index (χ4v) is 1.77. The Bertz CT molecular complexity index is 458. The van der Waals surface area contributed by atoms with Crippen molar-refractivity contribution in [3.63, 3.8) is 0 Å². The molecule has 1 unspecified atom stereocenters. The van der Waals surface area contributed by atoms with Gasteiger partial charge < -0.3 is 10.1 Å². The summed E-state index contributed by atoms with van der Waals surface area (Å²) < 4.78 is 5.82. The molecule has 1 saturated carbocycles. The van der Waals surface area contributed by atoms with Crippen LogP contribution in [0.15, 0.2) is 18.2 Å². The van der Waals surface area contributed by atoms with Crippen LogP contribution in [0, 0.1) is 10.1 Å². The zero-order chi connectivity index (χ0) is 13.8. The number of nitrogens with one attached hydrogen (secondary N) is 1. The van der Waals surface area contributed by atoms with Crippen LogP contribution < -0.4 is 10.1 Å². The van der Waals surface area contributed by atoms with Crippen molar-refractivity contribution in [3.05, 3.63) is 33.9 Å². The minimum Gasteiger partial charge on any atom is -0.490 e. The SMILES string of the molecule is CCC(C)Oc1ccc([N+](=O)[O-])cc1CNC1CC1. The predicted octanol–water partition coefficient (Wildman–Crippen LogP) is 3.02. The molecule has 1 fully saturated rings. The first-order valence-corrected chi connectivity index (χ1v) is 6.77. The largest absolute Gasteiger partial charge is 0.490 e. The van der Waals surface area contributed by atoms with Crippen LogP contribution in [-0.4, -0.2) is 17.1 Å². The first kappa shape index (κ1) is 13.8. The minimum absolute atomic E-state index is 0.112. The zero-order valence-electron chi connectivity index (χ0n) is 11.4. The Morgan fingerprint density at radius 2 is 2.26 bits per heavy atom. The third-order valence-electron chi connectivity index (χ3n) is 3.32. The molecule has 0 aromatic heterocycles. The smallest absolute Gasteiger partial charge is 0.270 e. The lowest BCUT2D eigenvalue weighted by atomic mass is 10.1. The second-order valence-corrected chi connectivity index (χ2v) is 5.04. The van der Waals surface area contributed by atoms with Crippen molar-refractivity contribution in [3.8, 4) is 5.75 Å². The van der Waals surface area contributed by atoms with Crippen molar-refractivity contribution in [2.45, 2.75) is 51.8 Å². The van der Waals surface area contributed by atoms with Crippen molar-refractivity contribution in [1.82, 2.24) is 5.32 Å². The molecule has 1 aliphatic carbocycles. The van der Waals surface area contributed by atoms with Crippen LogP contribution in [0.1, 0.15) is 38.7 Å². The third kappa shape index (κ3) is 3.92. The molecule has 0 spiro atoms. The number of benzene rings is 1. The number of nitro benzene ring substituents is 1. The van der Waals surface area contributed by atoms with Crippen LogP contribution in [-0.2, 0) is 6.54 Å². The van der Waals surface area contributed by atoms with Gasteiger partial charge in [0.15, 0.2) is 0 Å². The molecule has 0 bridgehead atoms. The molecule has 1 aromatic carbocycles. The maximum atomic E-state index is 10.8. The summed E-state index contributed by atoms with van der Waals surface area (Å²) in [5, 5.41) is 14.2. The Hall–Kier alpha value is -1.62. The molecule has 0 saturated heterocycles. The van der Waals surface area contributed by atoms with Crippen molar-refractivity contribution >= 4 is 5.69 Å². The van der Waals surface area contributed by atoms with Crippen molar-refractivity contribution in [1.29, 1.82) is 0 Å². The van der Waals surface area contributed by atoms with E-state index in [-0.39, 0.29) is 16.7 Å². The van der Waals surface area contributed by atoms with E-state index in [1.54, 1.807) is 12.1 Å². The summed E-state index contributed by atoms with van der Waals surface area (Å²) in [5.74, 6) is 0.744. The number of nitro groups is 1. The predicted molar refractivity (Wildman–Crippen MR) is 73.3 cm³/mol. The highest BCUT2D eigenvalue weighted by molar-refractivity contribution is 5.44. The molecule has 1 atom stereocenters. The Morgan fingerprint density at radius 1 is 1.53 bits per heavy atom. The Morgan fingerprint density at radius 3 is 2.84 bits per heavy atom. The lowest BCUT2D eigenvalue weighted by Gasteiger charge is -2.16. The number of nitrogens with zero attached hydrogens (tertiary/aromatic N) is 1. The number of rotatable bonds is 7. The van der Waals surface area contributed by atoms with Crippen LogP contribution in [0.2, 0.25) is 0 Å². The average Bonchev–Trinajstić information content (AvgIpc) is 3.21. The lowest BCUT2D eigenvalue weighted by molar-refractivity contribution is -0.384. The zero-order valence-corrected chi connectivity index (χ0v) is 11.4. The molecule has 0 radical (unpaired) electrons. The van der Waals surface area contributed by atoms with Crippen molar-refractivity contribution in [2.24, 2.45) is 0 Å². The molecule has 5 heteroatoms. The van der Waals surface area contributed by atoms with Crippen LogP contribution in [0.25, 0.3) is 0 Å². The molecular weight excluding hydrogens is 244 g/mol. The first-order valence-electron chi connectivity index (χ1n) is 6.77. The standard InChI is InChI=1S/C14H20N2O3/c1-3-10(2)19-14-7-6-13(16(17)18)8-11(14)9-15-12-4-5-12/h6-8,10,12,15H,3-5,9H2,1-2H3. The summed E-state index contributed by atoms with van der Waals surface area (Å²) in [5.41, 5.74) is 0.977. The van der Waals surface area contributed by atoms with E-state index in [0.717, 1.165) is 17.7 Å². The van der Waals surface area contributed by atoms with E-state index in [1.807, 2.05) is 6.92 Å². The van der Waals surface area contributed by atoms with Gasteiger partial charge in [0.25, 0.3) is 5.69 Å². The highest BCUT2D eigenvalue weighted by atomic mass is 16.6. The number of non-ortho nitro benzene ring substituents is 1. The summed E-state index contributed by atoms with van der Waals surface area (Å²) in [4.78, 5) is 10.5. The Balaban J connectivity index is 2.15. The highest BCUT2D eigenvalue weighted by Crippen LogP contribution is 2.27. The molecule has 5 nitrogen and oxygen atoms in total. The van der Waals surface area contributed by atoms with Gasteiger partial charge >= 0.3 is 0 Å². The monoisotopic (exact) mass is 264 g/mol. The maximum Gasteiger partial charge on any atom is 0.270 e. The molecular formula is C14H20N2O3. The van der Waals surface area contributed by atoms with Gasteiger partial charge in [-0.05, 0) is 32.3 Å². The van der Waals surface area contributed by atoms with Crippen LogP contribution in [0.4, 0.5) is 5.69 Å². The van der Waals surface area contributed by atoms with Gasteiger partial charge in [-0.15, -0.1) is 0 Å². The summed E-state index contributed by atoms with van der Waals surface area (Å²) in [6.45, 7) is 4.68. The fourth-order valence-electron chi connectivity index (χ4n) is 1.77. The maximum absolute atomic E-state index is 10.8. The highest BCUT2D eigenvalue weighted by Gasteiger charge is 2.21. The summed E-state index contributed by atoms with van der Waals surface area (Å²) in [7, 11) is 0. The molecule has 0 amide bonds. The molecule has 0 heterocycles. The fraction of sp³-hybridized carbons (Fsp3) is 0.571. The summed E-state index contributed by atoms with van der Waals surface area (Å²) in [6.07, 6.45) is 3.40. The van der Waals surface area contributed by atoms with Crippen molar-refractivity contribution < 1.29 is 9.66 Å². The van der Waals surface area contributed by atoms with Gasteiger partial charge in [-0.25, -0.2) is 0 Å². The van der Waals surface area contributed by atoms with E-state index in [1.165, 1.54) is 18.9 Å². The van der Waals surface area contributed by atoms with Gasteiger partial charge in [-0.1, -0.05) is 6.92 Å². The quantitative estimate of drug-likeness (QED) is 0.607. The van der Waals surface area contributed by atoms with Gasteiger partial charge in [-0.2, -0.15) is 0 Å². The van der Waals surface area contributed by atoms with Crippen LogP contribution in [0.5, 0.6) is 5.75 Å². The van der Waals surface area contributed by atoms with E-state index in [9.17, 15) is 10.1 Å².